The van der Waals surface area contributed by atoms with E-state index >= 15 is 0 Å². The molecule has 1 fully saturated rings. The Morgan fingerprint density at radius 2 is 1.72 bits per heavy atom. The lowest BCUT2D eigenvalue weighted by molar-refractivity contribution is -0.119. The number of rotatable bonds is 5. The Labute approximate surface area is 186 Å². The second-order valence-electron chi connectivity index (χ2n) is 8.20. The first-order chi connectivity index (χ1) is 15.7. The number of nitrogens with zero attached hydrogens (tertiary/aromatic N) is 4. The van der Waals surface area contributed by atoms with Crippen molar-refractivity contribution in [3.8, 4) is 22.8 Å². The molecule has 0 bridgehead atoms. The van der Waals surface area contributed by atoms with Gasteiger partial charge in [0.15, 0.2) is 5.65 Å². The number of carbonyl (C=O) groups is 1. The summed E-state index contributed by atoms with van der Waals surface area (Å²) in [6.45, 7) is 1.58. The smallest absolute Gasteiger partial charge is 0.217 e. The molecule has 7 nitrogen and oxygen atoms in total. The topological polar surface area (TPSA) is 81.9 Å². The minimum Gasteiger partial charge on any atom is -0.457 e. The van der Waals surface area contributed by atoms with Crippen LogP contribution < -0.4 is 10.1 Å². The Kier molecular flexibility index (Phi) is 5.54. The fourth-order valence-electron chi connectivity index (χ4n) is 4.41. The molecule has 2 aromatic carbocycles. The summed E-state index contributed by atoms with van der Waals surface area (Å²) in [5, 5.41) is 8.95. The van der Waals surface area contributed by atoms with E-state index in [0.29, 0.717) is 0 Å². The van der Waals surface area contributed by atoms with Gasteiger partial charge in [-0.25, -0.2) is 14.6 Å². The van der Waals surface area contributed by atoms with Crippen LogP contribution in [0.1, 0.15) is 38.6 Å². The van der Waals surface area contributed by atoms with Crippen molar-refractivity contribution >= 4 is 16.9 Å². The van der Waals surface area contributed by atoms with Gasteiger partial charge in [-0.1, -0.05) is 18.2 Å². The van der Waals surface area contributed by atoms with Gasteiger partial charge in [-0.2, -0.15) is 5.10 Å². The summed E-state index contributed by atoms with van der Waals surface area (Å²) in [5.74, 6) is 1.61. The molecule has 0 atom stereocenters. The molecule has 1 saturated carbocycles. The highest BCUT2D eigenvalue weighted by Crippen LogP contribution is 2.34. The van der Waals surface area contributed by atoms with Crippen LogP contribution in [-0.4, -0.2) is 31.7 Å². The average molecular weight is 428 g/mol. The second kappa shape index (κ2) is 8.78. The minimum absolute atomic E-state index is 0.0349. The molecule has 1 amide bonds. The average Bonchev–Trinajstić information content (AvgIpc) is 3.20. The van der Waals surface area contributed by atoms with E-state index in [4.69, 9.17) is 9.84 Å². The molecule has 1 aliphatic carbocycles. The molecule has 0 saturated heterocycles. The van der Waals surface area contributed by atoms with Crippen molar-refractivity contribution in [2.45, 2.75) is 44.7 Å². The molecule has 2 heterocycles. The predicted octanol–water partition coefficient (Wildman–Crippen LogP) is 4.91. The first kappa shape index (κ1) is 20.2. The highest BCUT2D eigenvalue weighted by Gasteiger charge is 2.26. The van der Waals surface area contributed by atoms with Crippen LogP contribution in [0.4, 0.5) is 0 Å². The fraction of sp³-hybridized carbons (Fsp3) is 0.280. The minimum atomic E-state index is 0.0349. The van der Waals surface area contributed by atoms with Gasteiger partial charge in [0.2, 0.25) is 5.91 Å². The summed E-state index contributed by atoms with van der Waals surface area (Å²) < 4.78 is 7.96. The highest BCUT2D eigenvalue weighted by atomic mass is 16.5. The Balaban J connectivity index is 1.40. The van der Waals surface area contributed by atoms with Gasteiger partial charge in [-0.15, -0.1) is 0 Å². The van der Waals surface area contributed by atoms with E-state index in [0.717, 1.165) is 59.5 Å². The summed E-state index contributed by atoms with van der Waals surface area (Å²) in [6, 6.07) is 18.2. The molecule has 5 rings (SSSR count). The summed E-state index contributed by atoms with van der Waals surface area (Å²) in [4.78, 5) is 20.1. The molecule has 32 heavy (non-hydrogen) atoms. The molecular weight excluding hydrogens is 402 g/mol. The van der Waals surface area contributed by atoms with Crippen LogP contribution in [0.2, 0.25) is 0 Å². The zero-order valence-corrected chi connectivity index (χ0v) is 17.9. The van der Waals surface area contributed by atoms with E-state index < -0.39 is 0 Å². The third-order valence-electron chi connectivity index (χ3n) is 5.93. The van der Waals surface area contributed by atoms with Crippen molar-refractivity contribution in [3.05, 3.63) is 67.1 Å². The molecule has 2 aromatic heterocycles. The summed E-state index contributed by atoms with van der Waals surface area (Å²) in [5.41, 5.74) is 2.72. The Hall–Kier alpha value is -3.74. The number of nitrogens with one attached hydrogen (secondary N) is 1. The molecule has 0 unspecified atom stereocenters. The van der Waals surface area contributed by atoms with Gasteiger partial charge in [0.25, 0.3) is 0 Å². The van der Waals surface area contributed by atoms with Crippen LogP contribution in [0.15, 0.2) is 67.1 Å². The molecular formula is C25H25N5O2. The molecule has 0 aliphatic heterocycles. The monoisotopic (exact) mass is 427 g/mol. The number of hydrogen-bond donors (Lipinski definition) is 1. The Morgan fingerprint density at radius 1 is 1.00 bits per heavy atom. The van der Waals surface area contributed by atoms with E-state index in [1.165, 1.54) is 0 Å². The molecule has 1 aliphatic rings. The van der Waals surface area contributed by atoms with Crippen LogP contribution >= 0.6 is 0 Å². The number of carbonyl (C=O) groups excluding carboxylic acids is 1. The Morgan fingerprint density at radius 3 is 2.44 bits per heavy atom. The van der Waals surface area contributed by atoms with Gasteiger partial charge >= 0.3 is 0 Å². The van der Waals surface area contributed by atoms with Crippen molar-refractivity contribution in [2.75, 3.05) is 0 Å². The van der Waals surface area contributed by atoms with Crippen LogP contribution in [-0.2, 0) is 4.79 Å². The highest BCUT2D eigenvalue weighted by molar-refractivity contribution is 5.90. The molecule has 7 heteroatoms. The number of fused-ring (bicyclic) bond motifs is 1. The number of para-hydroxylation sites is 1. The molecule has 0 radical (unpaired) electrons. The van der Waals surface area contributed by atoms with Crippen LogP contribution in [0.5, 0.6) is 11.5 Å². The van der Waals surface area contributed by atoms with E-state index in [9.17, 15) is 4.79 Å². The third-order valence-corrected chi connectivity index (χ3v) is 5.93. The van der Waals surface area contributed by atoms with Gasteiger partial charge < -0.3 is 10.1 Å². The van der Waals surface area contributed by atoms with Crippen molar-refractivity contribution in [2.24, 2.45) is 0 Å². The standard InChI is InChI=1S/C25H25N5O2/c1-17(31)28-19-9-11-20(12-10-19)30-25-23(15-26-16-27-25)24(29-30)18-7-13-22(14-8-18)32-21-5-3-2-4-6-21/h2-8,13-16,19-20H,9-12H2,1H3,(H,28,31). The van der Waals surface area contributed by atoms with Gasteiger partial charge in [0, 0.05) is 24.7 Å². The number of aromatic nitrogens is 4. The zero-order valence-electron chi connectivity index (χ0n) is 17.9. The molecule has 4 aromatic rings. The van der Waals surface area contributed by atoms with Crippen molar-refractivity contribution < 1.29 is 9.53 Å². The first-order valence-corrected chi connectivity index (χ1v) is 11.0. The summed E-state index contributed by atoms with van der Waals surface area (Å²) in [6.07, 6.45) is 7.20. The quantitative estimate of drug-likeness (QED) is 0.490. The molecule has 1 N–H and O–H groups in total. The normalized spacial score (nSPS) is 18.4. The van der Waals surface area contributed by atoms with Crippen LogP contribution in [0.25, 0.3) is 22.3 Å². The fourth-order valence-corrected chi connectivity index (χ4v) is 4.41. The van der Waals surface area contributed by atoms with Gasteiger partial charge in [0.05, 0.1) is 11.4 Å². The maximum Gasteiger partial charge on any atom is 0.217 e. The lowest BCUT2D eigenvalue weighted by Gasteiger charge is -2.29. The van der Waals surface area contributed by atoms with Crippen molar-refractivity contribution in [3.63, 3.8) is 0 Å². The first-order valence-electron chi connectivity index (χ1n) is 11.0. The molecule has 162 valence electrons. The SMILES string of the molecule is CC(=O)NC1CCC(n2nc(-c3ccc(Oc4ccccc4)cc3)c3cncnc32)CC1. The van der Waals surface area contributed by atoms with Gasteiger partial charge in [0.1, 0.15) is 23.5 Å². The lowest BCUT2D eigenvalue weighted by atomic mass is 9.91. The van der Waals surface area contributed by atoms with E-state index in [-0.39, 0.29) is 18.0 Å². The number of benzene rings is 2. The number of hydrogen-bond acceptors (Lipinski definition) is 5. The largest absolute Gasteiger partial charge is 0.457 e. The lowest BCUT2D eigenvalue weighted by Crippen LogP contribution is -2.36. The van der Waals surface area contributed by atoms with Gasteiger partial charge in [-0.3, -0.25) is 4.79 Å². The van der Waals surface area contributed by atoms with E-state index in [1.54, 1.807) is 13.3 Å². The zero-order chi connectivity index (χ0) is 21.9. The number of amides is 1. The second-order valence-corrected chi connectivity index (χ2v) is 8.20. The van der Waals surface area contributed by atoms with Gasteiger partial charge in [-0.05, 0) is 62.1 Å². The maximum absolute atomic E-state index is 11.4. The Bertz CT molecular complexity index is 1210. The third kappa shape index (κ3) is 4.19. The maximum atomic E-state index is 11.4. The predicted molar refractivity (Wildman–Crippen MR) is 122 cm³/mol. The van der Waals surface area contributed by atoms with E-state index in [1.807, 2.05) is 65.5 Å². The summed E-state index contributed by atoms with van der Waals surface area (Å²) >= 11 is 0. The van der Waals surface area contributed by atoms with Crippen molar-refractivity contribution in [1.29, 1.82) is 0 Å². The molecule has 0 spiro atoms. The number of ether oxygens (including phenoxy) is 1. The van der Waals surface area contributed by atoms with Crippen molar-refractivity contribution in [1.82, 2.24) is 25.1 Å². The van der Waals surface area contributed by atoms with E-state index in [2.05, 4.69) is 15.3 Å². The summed E-state index contributed by atoms with van der Waals surface area (Å²) in [7, 11) is 0. The van der Waals surface area contributed by atoms with Crippen LogP contribution in [0, 0.1) is 0 Å². The van der Waals surface area contributed by atoms with Crippen LogP contribution in [0.3, 0.4) is 0 Å².